The topological polar surface area (TPSA) is 64.5 Å². The summed E-state index contributed by atoms with van der Waals surface area (Å²) in [6, 6.07) is 1.78. The van der Waals surface area contributed by atoms with Crippen molar-refractivity contribution < 1.29 is 14.3 Å². The lowest BCUT2D eigenvalue weighted by Gasteiger charge is -2.17. The third kappa shape index (κ3) is 4.20. The lowest BCUT2D eigenvalue weighted by atomic mass is 10.4. The number of ether oxygens (including phenoxy) is 2. The van der Waals surface area contributed by atoms with Gasteiger partial charge < -0.3 is 14.4 Å². The number of aryl methyl sites for hydroxylation is 1. The maximum Gasteiger partial charge on any atom is 0.307 e. The lowest BCUT2D eigenvalue weighted by Crippen LogP contribution is -2.24. The quantitative estimate of drug-likeness (QED) is 0.709. The molecule has 0 aromatic carbocycles. The number of hydrogen-bond acceptors (Lipinski definition) is 6. The van der Waals surface area contributed by atoms with Crippen LogP contribution < -0.4 is 9.64 Å². The van der Waals surface area contributed by atoms with Gasteiger partial charge in [0.25, 0.3) is 0 Å². The first-order valence-corrected chi connectivity index (χ1v) is 5.83. The van der Waals surface area contributed by atoms with Gasteiger partial charge in [-0.1, -0.05) is 0 Å². The molecular formula is C12H19N3O3. The first-order chi connectivity index (χ1) is 8.56. The minimum Gasteiger partial charge on any atom is -0.478 e. The van der Waals surface area contributed by atoms with Crippen molar-refractivity contribution in [1.82, 2.24) is 9.97 Å². The van der Waals surface area contributed by atoms with Gasteiger partial charge >= 0.3 is 5.97 Å². The van der Waals surface area contributed by atoms with Gasteiger partial charge in [0, 0.05) is 25.4 Å². The maximum atomic E-state index is 11.1. The highest BCUT2D eigenvalue weighted by molar-refractivity contribution is 5.69. The van der Waals surface area contributed by atoms with Gasteiger partial charge in [0.05, 0.1) is 20.1 Å². The Kier molecular flexibility index (Phi) is 5.35. The fourth-order valence-electron chi connectivity index (χ4n) is 1.38. The highest BCUT2D eigenvalue weighted by atomic mass is 16.5. The second-order valence-electron chi connectivity index (χ2n) is 3.83. The summed E-state index contributed by atoms with van der Waals surface area (Å²) in [4.78, 5) is 21.4. The second-order valence-corrected chi connectivity index (χ2v) is 3.83. The van der Waals surface area contributed by atoms with Crippen molar-refractivity contribution in [1.29, 1.82) is 0 Å². The smallest absolute Gasteiger partial charge is 0.307 e. The van der Waals surface area contributed by atoms with Crippen molar-refractivity contribution in [2.75, 3.05) is 32.2 Å². The van der Waals surface area contributed by atoms with Crippen LogP contribution >= 0.6 is 0 Å². The van der Waals surface area contributed by atoms with E-state index in [-0.39, 0.29) is 5.97 Å². The fourth-order valence-corrected chi connectivity index (χ4v) is 1.38. The van der Waals surface area contributed by atoms with E-state index in [2.05, 4.69) is 14.7 Å². The Hall–Kier alpha value is -1.85. The highest BCUT2D eigenvalue weighted by Crippen LogP contribution is 2.14. The van der Waals surface area contributed by atoms with E-state index < -0.39 is 0 Å². The molecule has 1 rings (SSSR count). The van der Waals surface area contributed by atoms with E-state index in [9.17, 15) is 4.79 Å². The Bertz CT molecular complexity index is 410. The van der Waals surface area contributed by atoms with Gasteiger partial charge in [-0.2, -0.15) is 4.98 Å². The third-order valence-corrected chi connectivity index (χ3v) is 2.33. The van der Waals surface area contributed by atoms with E-state index in [0.717, 1.165) is 5.69 Å². The van der Waals surface area contributed by atoms with Crippen molar-refractivity contribution in [3.8, 4) is 5.88 Å². The van der Waals surface area contributed by atoms with E-state index in [1.165, 1.54) is 7.11 Å². The molecule has 0 amide bonds. The second kappa shape index (κ2) is 6.78. The standard InChI is InChI=1S/C12H19N3O3/c1-5-18-10-8-9(2)13-12(14-10)15(3)7-6-11(16)17-4/h8H,5-7H2,1-4H3. The number of anilines is 1. The minimum atomic E-state index is -0.250. The van der Waals surface area contributed by atoms with Crippen LogP contribution in [0.3, 0.4) is 0 Å². The lowest BCUT2D eigenvalue weighted by molar-refractivity contribution is -0.140. The Morgan fingerprint density at radius 3 is 2.78 bits per heavy atom. The van der Waals surface area contributed by atoms with E-state index in [1.54, 1.807) is 11.0 Å². The molecule has 0 saturated heterocycles. The number of aromatic nitrogens is 2. The molecule has 100 valence electrons. The Labute approximate surface area is 107 Å². The van der Waals surface area contributed by atoms with E-state index >= 15 is 0 Å². The zero-order valence-electron chi connectivity index (χ0n) is 11.3. The van der Waals surface area contributed by atoms with Gasteiger partial charge in [-0.05, 0) is 13.8 Å². The molecule has 6 nitrogen and oxygen atoms in total. The zero-order valence-corrected chi connectivity index (χ0v) is 11.3. The zero-order chi connectivity index (χ0) is 13.5. The van der Waals surface area contributed by atoms with E-state index in [1.807, 2.05) is 20.9 Å². The van der Waals surface area contributed by atoms with Crippen molar-refractivity contribution in [2.24, 2.45) is 0 Å². The highest BCUT2D eigenvalue weighted by Gasteiger charge is 2.10. The van der Waals surface area contributed by atoms with Gasteiger partial charge in [-0.3, -0.25) is 4.79 Å². The molecule has 0 N–H and O–H groups in total. The first kappa shape index (κ1) is 14.2. The van der Waals surface area contributed by atoms with Crippen molar-refractivity contribution in [3.63, 3.8) is 0 Å². The number of hydrogen-bond donors (Lipinski definition) is 0. The van der Waals surface area contributed by atoms with Crippen LogP contribution in [0.25, 0.3) is 0 Å². The molecular weight excluding hydrogens is 234 g/mol. The van der Waals surface area contributed by atoms with Crippen LogP contribution in [0.4, 0.5) is 5.95 Å². The normalized spacial score (nSPS) is 10.0. The van der Waals surface area contributed by atoms with Gasteiger partial charge in [0.1, 0.15) is 0 Å². The Balaban J connectivity index is 2.72. The summed E-state index contributed by atoms with van der Waals surface area (Å²) in [5.41, 5.74) is 0.827. The SMILES string of the molecule is CCOc1cc(C)nc(N(C)CCC(=O)OC)n1. The van der Waals surface area contributed by atoms with Gasteiger partial charge in [0.2, 0.25) is 11.8 Å². The number of nitrogens with zero attached hydrogens (tertiary/aromatic N) is 3. The molecule has 0 bridgehead atoms. The average molecular weight is 253 g/mol. The Morgan fingerprint density at radius 1 is 1.44 bits per heavy atom. The summed E-state index contributed by atoms with van der Waals surface area (Å²) in [5.74, 6) is 0.840. The number of rotatable bonds is 6. The predicted molar refractivity (Wildman–Crippen MR) is 67.8 cm³/mol. The van der Waals surface area contributed by atoms with Gasteiger partial charge in [0.15, 0.2) is 0 Å². The molecule has 18 heavy (non-hydrogen) atoms. The molecule has 0 spiro atoms. The molecule has 1 aromatic heterocycles. The van der Waals surface area contributed by atoms with Crippen LogP contribution in [0.1, 0.15) is 19.0 Å². The number of methoxy groups -OCH3 is 1. The summed E-state index contributed by atoms with van der Waals surface area (Å²) >= 11 is 0. The van der Waals surface area contributed by atoms with E-state index in [0.29, 0.717) is 31.4 Å². The number of carbonyl (C=O) groups excluding carboxylic acids is 1. The molecule has 0 saturated carbocycles. The van der Waals surface area contributed by atoms with Crippen molar-refractivity contribution >= 4 is 11.9 Å². The molecule has 0 aliphatic rings. The van der Waals surface area contributed by atoms with E-state index in [4.69, 9.17) is 4.74 Å². The summed E-state index contributed by atoms with van der Waals surface area (Å²) in [6.45, 7) is 4.84. The number of esters is 1. The summed E-state index contributed by atoms with van der Waals surface area (Å²) in [6.07, 6.45) is 0.300. The predicted octanol–water partition coefficient (Wildman–Crippen LogP) is 1.18. The third-order valence-electron chi connectivity index (χ3n) is 2.33. The van der Waals surface area contributed by atoms with Crippen molar-refractivity contribution in [2.45, 2.75) is 20.3 Å². The molecule has 6 heteroatoms. The number of carbonyl (C=O) groups is 1. The average Bonchev–Trinajstić information content (AvgIpc) is 2.35. The monoisotopic (exact) mass is 253 g/mol. The largest absolute Gasteiger partial charge is 0.478 e. The first-order valence-electron chi connectivity index (χ1n) is 5.83. The summed E-state index contributed by atoms with van der Waals surface area (Å²) < 4.78 is 9.95. The van der Waals surface area contributed by atoms with Crippen LogP contribution in [-0.2, 0) is 9.53 Å². The Morgan fingerprint density at radius 2 is 2.17 bits per heavy atom. The van der Waals surface area contributed by atoms with Gasteiger partial charge in [-0.25, -0.2) is 4.98 Å². The van der Waals surface area contributed by atoms with Crippen LogP contribution in [0.15, 0.2) is 6.07 Å². The summed E-state index contributed by atoms with van der Waals surface area (Å²) in [7, 11) is 3.20. The molecule has 0 fully saturated rings. The minimum absolute atomic E-state index is 0.250. The molecule has 1 aromatic rings. The van der Waals surface area contributed by atoms with Crippen LogP contribution in [-0.4, -0.2) is 43.2 Å². The fraction of sp³-hybridized carbons (Fsp3) is 0.583. The molecule has 0 aliphatic carbocycles. The molecule has 0 radical (unpaired) electrons. The van der Waals surface area contributed by atoms with Crippen LogP contribution in [0, 0.1) is 6.92 Å². The molecule has 1 heterocycles. The van der Waals surface area contributed by atoms with Crippen molar-refractivity contribution in [3.05, 3.63) is 11.8 Å². The van der Waals surface area contributed by atoms with Crippen LogP contribution in [0.5, 0.6) is 5.88 Å². The molecule has 0 aliphatic heterocycles. The molecule has 0 unspecified atom stereocenters. The molecule has 0 atom stereocenters. The summed E-state index contributed by atoms with van der Waals surface area (Å²) in [5, 5.41) is 0. The van der Waals surface area contributed by atoms with Crippen LogP contribution in [0.2, 0.25) is 0 Å². The van der Waals surface area contributed by atoms with Gasteiger partial charge in [-0.15, -0.1) is 0 Å². The maximum absolute atomic E-state index is 11.1.